The first-order valence-electron chi connectivity index (χ1n) is 10.3. The quantitative estimate of drug-likeness (QED) is 0.560. The van der Waals surface area contributed by atoms with E-state index in [9.17, 15) is 9.59 Å². The van der Waals surface area contributed by atoms with Crippen LogP contribution in [-0.4, -0.2) is 24.4 Å². The molecular weight excluding hydrogens is 386 g/mol. The van der Waals surface area contributed by atoms with Gasteiger partial charge in [-0.05, 0) is 63.1 Å². The molecule has 1 unspecified atom stereocenters. The normalized spacial score (nSPS) is 13.9. The summed E-state index contributed by atoms with van der Waals surface area (Å²) in [4.78, 5) is 27.5. The number of hydrogen-bond donors (Lipinski definition) is 2. The van der Waals surface area contributed by atoms with Crippen molar-refractivity contribution in [1.29, 1.82) is 0 Å². The van der Waals surface area contributed by atoms with Gasteiger partial charge in [-0.15, -0.1) is 0 Å². The number of nitrogens with one attached hydrogen (secondary N) is 2. The molecule has 29 heavy (non-hydrogen) atoms. The molecule has 0 aromatic heterocycles. The largest absolute Gasteiger partial charge is 0.320 e. The Labute approximate surface area is 177 Å². The van der Waals surface area contributed by atoms with Crippen LogP contribution in [0.1, 0.15) is 56.3 Å². The Morgan fingerprint density at radius 1 is 1.14 bits per heavy atom. The standard InChI is InChI=1S/C23H28ClN3O2/c1-3-16(2)25-14-8-4-5-11-22(28)27-20-10-7-6-9-18(20)23(29)26-19-15-17(24)12-13-21(19)27/h6-7,9-10,12-13,15-16,25H,3-5,8,11,14H2,1-2H3,(H,26,29). The number of nitrogens with zero attached hydrogens (tertiary/aromatic N) is 1. The Bertz CT molecular complexity index is 884. The third-order valence-electron chi connectivity index (χ3n) is 5.26. The molecular formula is C23H28ClN3O2. The Balaban J connectivity index is 1.74. The highest BCUT2D eigenvalue weighted by molar-refractivity contribution is 6.31. The van der Waals surface area contributed by atoms with Gasteiger partial charge in [0.2, 0.25) is 5.91 Å². The van der Waals surface area contributed by atoms with Gasteiger partial charge in [0.15, 0.2) is 0 Å². The fourth-order valence-corrected chi connectivity index (χ4v) is 3.61. The monoisotopic (exact) mass is 413 g/mol. The van der Waals surface area contributed by atoms with Crippen molar-refractivity contribution in [2.75, 3.05) is 16.8 Å². The van der Waals surface area contributed by atoms with Crippen molar-refractivity contribution in [3.63, 3.8) is 0 Å². The Kier molecular flexibility index (Phi) is 7.29. The number of para-hydroxylation sites is 1. The van der Waals surface area contributed by atoms with Crippen molar-refractivity contribution in [3.8, 4) is 0 Å². The highest BCUT2D eigenvalue weighted by Crippen LogP contribution is 2.39. The molecule has 0 fully saturated rings. The maximum absolute atomic E-state index is 13.2. The molecule has 0 saturated carbocycles. The minimum atomic E-state index is -0.240. The third-order valence-corrected chi connectivity index (χ3v) is 5.49. The molecule has 2 N–H and O–H groups in total. The maximum atomic E-state index is 13.2. The highest BCUT2D eigenvalue weighted by atomic mass is 35.5. The van der Waals surface area contributed by atoms with Gasteiger partial charge in [0.1, 0.15) is 0 Å². The van der Waals surface area contributed by atoms with Gasteiger partial charge in [0, 0.05) is 17.5 Å². The highest BCUT2D eigenvalue weighted by Gasteiger charge is 2.28. The van der Waals surface area contributed by atoms with Crippen molar-refractivity contribution in [2.24, 2.45) is 0 Å². The van der Waals surface area contributed by atoms with Gasteiger partial charge >= 0.3 is 0 Å². The minimum Gasteiger partial charge on any atom is -0.320 e. The molecule has 2 aromatic rings. The molecule has 0 spiro atoms. The van der Waals surface area contributed by atoms with Crippen LogP contribution in [0.5, 0.6) is 0 Å². The lowest BCUT2D eigenvalue weighted by Gasteiger charge is -2.24. The molecule has 0 bridgehead atoms. The minimum absolute atomic E-state index is 0.0209. The Morgan fingerprint density at radius 2 is 1.93 bits per heavy atom. The summed E-state index contributed by atoms with van der Waals surface area (Å²) < 4.78 is 0. The van der Waals surface area contributed by atoms with Crippen LogP contribution in [0.3, 0.4) is 0 Å². The van der Waals surface area contributed by atoms with Crippen molar-refractivity contribution in [1.82, 2.24) is 5.32 Å². The molecule has 5 nitrogen and oxygen atoms in total. The van der Waals surface area contributed by atoms with E-state index >= 15 is 0 Å². The van der Waals surface area contributed by atoms with Crippen LogP contribution < -0.4 is 15.5 Å². The molecule has 1 aliphatic heterocycles. The van der Waals surface area contributed by atoms with Crippen molar-refractivity contribution < 1.29 is 9.59 Å². The number of benzene rings is 2. The number of amides is 2. The smallest absolute Gasteiger partial charge is 0.257 e. The zero-order valence-corrected chi connectivity index (χ0v) is 17.8. The van der Waals surface area contributed by atoms with E-state index in [4.69, 9.17) is 11.6 Å². The van der Waals surface area contributed by atoms with Crippen LogP contribution in [-0.2, 0) is 4.79 Å². The Hall–Kier alpha value is -2.37. The molecule has 2 aromatic carbocycles. The lowest BCUT2D eigenvalue weighted by atomic mass is 10.1. The Morgan fingerprint density at radius 3 is 2.72 bits per heavy atom. The molecule has 154 valence electrons. The van der Waals surface area contributed by atoms with Gasteiger partial charge in [-0.3, -0.25) is 14.5 Å². The number of halogens is 1. The van der Waals surface area contributed by atoms with Crippen LogP contribution >= 0.6 is 11.6 Å². The predicted octanol–water partition coefficient (Wildman–Crippen LogP) is 5.52. The molecule has 0 radical (unpaired) electrons. The van der Waals surface area contributed by atoms with E-state index in [1.807, 2.05) is 12.1 Å². The predicted molar refractivity (Wildman–Crippen MR) is 119 cm³/mol. The number of fused-ring (bicyclic) bond motifs is 2. The second-order valence-electron chi connectivity index (χ2n) is 7.44. The van der Waals surface area contributed by atoms with Crippen molar-refractivity contribution in [3.05, 3.63) is 53.1 Å². The summed E-state index contributed by atoms with van der Waals surface area (Å²) in [6, 6.07) is 12.9. The van der Waals surface area contributed by atoms with Crippen LogP contribution in [0.15, 0.2) is 42.5 Å². The number of carbonyl (C=O) groups is 2. The average Bonchev–Trinajstić information content (AvgIpc) is 2.83. The van der Waals surface area contributed by atoms with E-state index in [2.05, 4.69) is 24.5 Å². The number of hydrogen-bond acceptors (Lipinski definition) is 3. The summed E-state index contributed by atoms with van der Waals surface area (Å²) in [7, 11) is 0. The number of anilines is 3. The van der Waals surface area contributed by atoms with Gasteiger partial charge in [-0.2, -0.15) is 0 Å². The van der Waals surface area contributed by atoms with E-state index in [-0.39, 0.29) is 11.8 Å². The molecule has 1 aliphatic rings. The average molecular weight is 414 g/mol. The van der Waals surface area contributed by atoms with Gasteiger partial charge in [-0.25, -0.2) is 0 Å². The number of unbranched alkanes of at least 4 members (excludes halogenated alkanes) is 2. The second kappa shape index (κ2) is 9.90. The van der Waals surface area contributed by atoms with Crippen LogP contribution in [0.4, 0.5) is 17.1 Å². The fourth-order valence-electron chi connectivity index (χ4n) is 3.43. The molecule has 1 atom stereocenters. The van der Waals surface area contributed by atoms with Gasteiger partial charge in [0.25, 0.3) is 5.91 Å². The molecule has 6 heteroatoms. The van der Waals surface area contributed by atoms with Crippen molar-refractivity contribution in [2.45, 2.75) is 52.0 Å². The lowest BCUT2D eigenvalue weighted by molar-refractivity contribution is -0.118. The molecule has 1 heterocycles. The van der Waals surface area contributed by atoms with E-state index < -0.39 is 0 Å². The zero-order chi connectivity index (χ0) is 20.8. The van der Waals surface area contributed by atoms with Gasteiger partial charge in [0.05, 0.1) is 22.6 Å². The summed E-state index contributed by atoms with van der Waals surface area (Å²) in [5.41, 5.74) is 2.28. The first-order chi connectivity index (χ1) is 14.0. The summed E-state index contributed by atoms with van der Waals surface area (Å²) >= 11 is 6.12. The lowest BCUT2D eigenvalue weighted by Crippen LogP contribution is -2.27. The van der Waals surface area contributed by atoms with Crippen LogP contribution in [0, 0.1) is 0 Å². The molecule has 2 amide bonds. The molecule has 3 rings (SSSR count). The third kappa shape index (κ3) is 5.17. The molecule has 0 saturated heterocycles. The number of carbonyl (C=O) groups excluding carboxylic acids is 2. The summed E-state index contributed by atoms with van der Waals surface area (Å²) in [5, 5.41) is 6.86. The van der Waals surface area contributed by atoms with Gasteiger partial charge < -0.3 is 10.6 Å². The van der Waals surface area contributed by atoms with E-state index in [0.717, 1.165) is 32.2 Å². The summed E-state index contributed by atoms with van der Waals surface area (Å²) in [5.74, 6) is -0.261. The maximum Gasteiger partial charge on any atom is 0.257 e. The van der Waals surface area contributed by atoms with E-state index in [0.29, 0.717) is 40.1 Å². The van der Waals surface area contributed by atoms with Crippen LogP contribution in [0.2, 0.25) is 5.02 Å². The number of rotatable bonds is 8. The van der Waals surface area contributed by atoms with E-state index in [1.165, 1.54) is 0 Å². The topological polar surface area (TPSA) is 61.4 Å². The van der Waals surface area contributed by atoms with Crippen LogP contribution in [0.25, 0.3) is 0 Å². The molecule has 0 aliphatic carbocycles. The SMILES string of the molecule is CCC(C)NCCCCCC(=O)N1c2ccc(Cl)cc2NC(=O)c2ccccc21. The van der Waals surface area contributed by atoms with Gasteiger partial charge in [-0.1, -0.05) is 37.1 Å². The van der Waals surface area contributed by atoms with Crippen molar-refractivity contribution >= 4 is 40.5 Å². The second-order valence-corrected chi connectivity index (χ2v) is 7.87. The summed E-state index contributed by atoms with van der Waals surface area (Å²) in [6.45, 7) is 5.31. The first-order valence-corrected chi connectivity index (χ1v) is 10.6. The zero-order valence-electron chi connectivity index (χ0n) is 17.0. The first kappa shape index (κ1) is 21.3. The van der Waals surface area contributed by atoms with E-state index in [1.54, 1.807) is 35.2 Å². The fraction of sp³-hybridized carbons (Fsp3) is 0.391. The summed E-state index contributed by atoms with van der Waals surface area (Å²) in [6.07, 6.45) is 4.37.